The Kier molecular flexibility index (Phi) is 7.14. The standard InChI is InChI=1S/C23H36ClN3O3/c1-15(2)18(26-20(29)30-21(3,4)5)19(28)27-13-12-23(25,22(6,7)14-27)16-8-10-17(24)11-9-16/h8-11,15,18H,12-14,25H2,1-7H3,(H,26,29)/t18-,23-/m1/s1. The molecule has 1 aliphatic heterocycles. The highest BCUT2D eigenvalue weighted by molar-refractivity contribution is 6.30. The number of nitrogens with zero attached hydrogens (tertiary/aromatic N) is 1. The summed E-state index contributed by atoms with van der Waals surface area (Å²) in [6.07, 6.45) is 0.0325. The lowest BCUT2D eigenvalue weighted by Gasteiger charge is -2.52. The first-order valence-corrected chi connectivity index (χ1v) is 10.9. The predicted molar refractivity (Wildman–Crippen MR) is 120 cm³/mol. The Balaban J connectivity index is 2.17. The summed E-state index contributed by atoms with van der Waals surface area (Å²) in [4.78, 5) is 27.4. The number of hydrogen-bond acceptors (Lipinski definition) is 4. The van der Waals surface area contributed by atoms with Crippen LogP contribution in [0.4, 0.5) is 4.79 Å². The third-order valence-corrected chi connectivity index (χ3v) is 6.10. The van der Waals surface area contributed by atoms with Crippen LogP contribution < -0.4 is 11.1 Å². The lowest BCUT2D eigenvalue weighted by Crippen LogP contribution is -2.63. The zero-order valence-corrected chi connectivity index (χ0v) is 20.0. The van der Waals surface area contributed by atoms with Crippen LogP contribution in [0.3, 0.4) is 0 Å². The lowest BCUT2D eigenvalue weighted by atomic mass is 9.64. The van der Waals surface area contributed by atoms with E-state index in [4.69, 9.17) is 22.1 Å². The van der Waals surface area contributed by atoms with Gasteiger partial charge in [-0.1, -0.05) is 51.4 Å². The number of nitrogens with one attached hydrogen (secondary N) is 1. The molecule has 6 nitrogen and oxygen atoms in total. The normalized spacial score (nSPS) is 22.5. The minimum Gasteiger partial charge on any atom is -0.444 e. The van der Waals surface area contributed by atoms with Gasteiger partial charge in [0.1, 0.15) is 11.6 Å². The predicted octanol–water partition coefficient (Wildman–Crippen LogP) is 4.30. The van der Waals surface area contributed by atoms with Crippen LogP contribution in [-0.4, -0.2) is 41.6 Å². The highest BCUT2D eigenvalue weighted by Gasteiger charge is 2.49. The Morgan fingerprint density at radius 2 is 1.77 bits per heavy atom. The van der Waals surface area contributed by atoms with Crippen molar-refractivity contribution in [3.63, 3.8) is 0 Å². The van der Waals surface area contributed by atoms with E-state index in [1.54, 1.807) is 20.8 Å². The fourth-order valence-electron chi connectivity index (χ4n) is 3.96. The zero-order chi connectivity index (χ0) is 22.9. The first-order chi connectivity index (χ1) is 13.7. The van der Waals surface area contributed by atoms with Gasteiger partial charge in [-0.05, 0) is 50.8 Å². The van der Waals surface area contributed by atoms with Crippen molar-refractivity contribution in [2.75, 3.05) is 13.1 Å². The van der Waals surface area contributed by atoms with Crippen molar-refractivity contribution >= 4 is 23.6 Å². The van der Waals surface area contributed by atoms with Gasteiger partial charge in [-0.3, -0.25) is 4.79 Å². The highest BCUT2D eigenvalue weighted by atomic mass is 35.5. The first-order valence-electron chi connectivity index (χ1n) is 10.5. The third kappa shape index (κ3) is 5.46. The molecule has 1 heterocycles. The molecule has 1 fully saturated rings. The van der Waals surface area contributed by atoms with Gasteiger partial charge >= 0.3 is 6.09 Å². The molecule has 7 heteroatoms. The molecule has 2 rings (SSSR count). The maximum Gasteiger partial charge on any atom is 0.408 e. The SMILES string of the molecule is CC(C)[C@@H](NC(=O)OC(C)(C)C)C(=O)N1CC[C@@](N)(c2ccc(Cl)cc2)C(C)(C)C1. The van der Waals surface area contributed by atoms with E-state index in [0.717, 1.165) is 5.56 Å². The first kappa shape index (κ1) is 24.5. The number of alkyl carbamates (subject to hydrolysis) is 1. The van der Waals surface area contributed by atoms with Gasteiger partial charge in [0.25, 0.3) is 0 Å². The van der Waals surface area contributed by atoms with Gasteiger partial charge in [0.05, 0.1) is 0 Å². The van der Waals surface area contributed by atoms with E-state index in [1.165, 1.54) is 0 Å². The number of amides is 2. The van der Waals surface area contributed by atoms with Crippen molar-refractivity contribution in [3.8, 4) is 0 Å². The highest BCUT2D eigenvalue weighted by Crippen LogP contribution is 2.44. The molecule has 0 saturated carbocycles. The summed E-state index contributed by atoms with van der Waals surface area (Å²) >= 11 is 6.04. The van der Waals surface area contributed by atoms with Crippen molar-refractivity contribution in [1.82, 2.24) is 10.2 Å². The topological polar surface area (TPSA) is 84.7 Å². The minimum atomic E-state index is -0.656. The van der Waals surface area contributed by atoms with Crippen molar-refractivity contribution in [2.24, 2.45) is 17.1 Å². The Labute approximate surface area is 185 Å². The van der Waals surface area contributed by atoms with Crippen molar-refractivity contribution < 1.29 is 14.3 Å². The third-order valence-electron chi connectivity index (χ3n) is 5.85. The summed E-state index contributed by atoms with van der Waals surface area (Å²) < 4.78 is 5.35. The van der Waals surface area contributed by atoms with E-state index in [9.17, 15) is 9.59 Å². The van der Waals surface area contributed by atoms with E-state index in [0.29, 0.717) is 24.5 Å². The molecule has 1 aromatic rings. The number of hydrogen-bond donors (Lipinski definition) is 2. The van der Waals surface area contributed by atoms with Gasteiger partial charge in [0.15, 0.2) is 0 Å². The average Bonchev–Trinajstić information content (AvgIpc) is 2.60. The molecule has 2 atom stereocenters. The Morgan fingerprint density at radius 3 is 2.23 bits per heavy atom. The number of halogens is 1. The number of carbonyl (C=O) groups is 2. The molecular formula is C23H36ClN3O3. The quantitative estimate of drug-likeness (QED) is 0.735. The van der Waals surface area contributed by atoms with Crippen LogP contribution in [-0.2, 0) is 15.1 Å². The van der Waals surface area contributed by atoms with E-state index in [-0.39, 0.29) is 17.2 Å². The molecule has 1 saturated heterocycles. The smallest absolute Gasteiger partial charge is 0.408 e. The van der Waals surface area contributed by atoms with Crippen LogP contribution in [0.2, 0.25) is 5.02 Å². The molecular weight excluding hydrogens is 402 g/mol. The number of benzene rings is 1. The second-order valence-corrected chi connectivity index (χ2v) is 10.7. The van der Waals surface area contributed by atoms with E-state index in [1.807, 2.05) is 43.0 Å². The minimum absolute atomic E-state index is 0.0750. The molecule has 0 unspecified atom stereocenters. The maximum atomic E-state index is 13.3. The van der Waals surface area contributed by atoms with Crippen LogP contribution in [0.25, 0.3) is 0 Å². The van der Waals surface area contributed by atoms with Gasteiger partial charge < -0.3 is 20.7 Å². The molecule has 0 aliphatic carbocycles. The summed E-state index contributed by atoms with van der Waals surface area (Å²) in [6, 6.07) is 6.96. The van der Waals surface area contributed by atoms with Crippen LogP contribution in [0.5, 0.6) is 0 Å². The van der Waals surface area contributed by atoms with Crippen LogP contribution >= 0.6 is 11.6 Å². The van der Waals surface area contributed by atoms with Crippen LogP contribution in [0, 0.1) is 11.3 Å². The molecule has 1 aliphatic rings. The summed E-state index contributed by atoms with van der Waals surface area (Å²) in [5.74, 6) is -0.184. The molecule has 3 N–H and O–H groups in total. The van der Waals surface area contributed by atoms with Gasteiger partial charge in [-0.2, -0.15) is 0 Å². The summed E-state index contributed by atoms with van der Waals surface area (Å²) in [7, 11) is 0. The second-order valence-electron chi connectivity index (χ2n) is 10.2. The van der Waals surface area contributed by atoms with Gasteiger partial charge in [0.2, 0.25) is 5.91 Å². The van der Waals surface area contributed by atoms with E-state index >= 15 is 0 Å². The number of likely N-dealkylation sites (tertiary alicyclic amines) is 1. The summed E-state index contributed by atoms with van der Waals surface area (Å²) in [5.41, 5.74) is 6.31. The molecule has 2 amide bonds. The zero-order valence-electron chi connectivity index (χ0n) is 19.2. The van der Waals surface area contributed by atoms with Crippen LogP contribution in [0.1, 0.15) is 60.5 Å². The largest absolute Gasteiger partial charge is 0.444 e. The molecule has 0 radical (unpaired) electrons. The Hall–Kier alpha value is -1.79. The Bertz CT molecular complexity index is 771. The van der Waals surface area contributed by atoms with Crippen molar-refractivity contribution in [3.05, 3.63) is 34.9 Å². The second kappa shape index (κ2) is 8.75. The van der Waals surface area contributed by atoms with Crippen LogP contribution in [0.15, 0.2) is 24.3 Å². The average molecular weight is 438 g/mol. The van der Waals surface area contributed by atoms with Gasteiger partial charge in [-0.15, -0.1) is 0 Å². The lowest BCUT2D eigenvalue weighted by molar-refractivity contribution is -0.140. The Morgan fingerprint density at radius 1 is 1.20 bits per heavy atom. The monoisotopic (exact) mass is 437 g/mol. The summed E-state index contributed by atoms with van der Waals surface area (Å²) in [5, 5.41) is 3.43. The fraction of sp³-hybridized carbons (Fsp3) is 0.652. The van der Waals surface area contributed by atoms with Crippen molar-refractivity contribution in [2.45, 2.75) is 72.1 Å². The number of rotatable bonds is 4. The molecule has 0 spiro atoms. The molecule has 0 bridgehead atoms. The van der Waals surface area contributed by atoms with Gasteiger partial charge in [-0.25, -0.2) is 4.79 Å². The molecule has 0 aromatic heterocycles. The van der Waals surface area contributed by atoms with E-state index in [2.05, 4.69) is 19.2 Å². The molecule has 30 heavy (non-hydrogen) atoms. The van der Waals surface area contributed by atoms with E-state index < -0.39 is 23.3 Å². The molecule has 168 valence electrons. The van der Waals surface area contributed by atoms with Crippen molar-refractivity contribution in [1.29, 1.82) is 0 Å². The number of nitrogens with two attached hydrogens (primary N) is 1. The summed E-state index contributed by atoms with van der Waals surface area (Å²) in [6.45, 7) is 14.4. The fourth-order valence-corrected chi connectivity index (χ4v) is 4.09. The number of piperidine rings is 1. The molecule has 1 aromatic carbocycles. The maximum absolute atomic E-state index is 13.3. The number of carbonyl (C=O) groups excluding carboxylic acids is 2. The number of ether oxygens (including phenoxy) is 1. The van der Waals surface area contributed by atoms with Gasteiger partial charge in [0, 0.05) is 29.1 Å².